The van der Waals surface area contributed by atoms with Crippen molar-refractivity contribution in [3.05, 3.63) is 42.5 Å². The molecule has 0 amide bonds. The minimum absolute atomic E-state index is 0. The number of rotatable bonds is 1. The first-order valence-electron chi connectivity index (χ1n) is 3.94. The average molecular weight is 229 g/mol. The molecule has 5 heteroatoms. The van der Waals surface area contributed by atoms with E-state index in [1.54, 1.807) is 30.3 Å². The summed E-state index contributed by atoms with van der Waals surface area (Å²) in [5, 5.41) is 1.14. The molecule has 0 bridgehead atoms. The SMILES string of the molecule is O=S(=O)([O-])c1[c]ccc2ccccc12.[Na+]. The maximum absolute atomic E-state index is 10.9. The number of benzene rings is 2. The Morgan fingerprint density at radius 3 is 2.47 bits per heavy atom. The van der Waals surface area contributed by atoms with Crippen LogP contribution >= 0.6 is 0 Å². The molecule has 0 aliphatic rings. The van der Waals surface area contributed by atoms with E-state index in [9.17, 15) is 13.0 Å². The van der Waals surface area contributed by atoms with Gasteiger partial charge in [-0.05, 0) is 10.8 Å². The molecule has 0 atom stereocenters. The predicted octanol–water partition coefficient (Wildman–Crippen LogP) is -1.45. The first-order chi connectivity index (χ1) is 6.59. The number of hydrogen-bond donors (Lipinski definition) is 0. The smallest absolute Gasteiger partial charge is 0.744 e. The summed E-state index contributed by atoms with van der Waals surface area (Å²) in [6.07, 6.45) is 0. The Kier molecular flexibility index (Phi) is 3.92. The molecule has 0 fully saturated rings. The molecule has 0 unspecified atom stereocenters. The fourth-order valence-corrected chi connectivity index (χ4v) is 2.01. The van der Waals surface area contributed by atoms with Gasteiger partial charge in [0.25, 0.3) is 0 Å². The summed E-state index contributed by atoms with van der Waals surface area (Å²) in [6, 6.07) is 12.4. The normalized spacial score (nSPS) is 11.0. The molecule has 0 aliphatic heterocycles. The summed E-state index contributed by atoms with van der Waals surface area (Å²) in [5.74, 6) is 0. The standard InChI is InChI=1S/C10H7O3S.Na/c11-14(12,13)10-7-3-5-8-4-1-2-6-9(8)10;/h1-6H,(H,11,12,13);/q;+1/p-1. The number of hydrogen-bond acceptors (Lipinski definition) is 3. The Morgan fingerprint density at radius 2 is 1.80 bits per heavy atom. The van der Waals surface area contributed by atoms with Crippen LogP contribution < -0.4 is 29.6 Å². The molecule has 2 rings (SSSR count). The van der Waals surface area contributed by atoms with Crippen molar-refractivity contribution in [2.75, 3.05) is 0 Å². The summed E-state index contributed by atoms with van der Waals surface area (Å²) >= 11 is 0. The predicted molar refractivity (Wildman–Crippen MR) is 50.7 cm³/mol. The van der Waals surface area contributed by atoms with Gasteiger partial charge in [-0.15, -0.1) is 0 Å². The van der Waals surface area contributed by atoms with Crippen LogP contribution in [0.4, 0.5) is 0 Å². The quantitative estimate of drug-likeness (QED) is 0.444. The van der Waals surface area contributed by atoms with Crippen molar-refractivity contribution in [2.24, 2.45) is 0 Å². The largest absolute Gasteiger partial charge is 1.00 e. The van der Waals surface area contributed by atoms with E-state index in [0.717, 1.165) is 5.39 Å². The van der Waals surface area contributed by atoms with Crippen LogP contribution in [0.5, 0.6) is 0 Å². The fourth-order valence-electron chi connectivity index (χ4n) is 1.34. The minimum Gasteiger partial charge on any atom is -0.744 e. The zero-order valence-corrected chi connectivity index (χ0v) is 10.9. The second kappa shape index (κ2) is 4.63. The van der Waals surface area contributed by atoms with Crippen LogP contribution in [0.2, 0.25) is 0 Å². The Morgan fingerprint density at radius 1 is 1.13 bits per heavy atom. The van der Waals surface area contributed by atoms with Gasteiger partial charge in [0.2, 0.25) is 0 Å². The fraction of sp³-hybridized carbons (Fsp3) is 0. The monoisotopic (exact) mass is 229 g/mol. The molecular formula is C10H6NaO3S. The summed E-state index contributed by atoms with van der Waals surface area (Å²) < 4.78 is 32.6. The first kappa shape index (κ1) is 12.7. The zero-order valence-electron chi connectivity index (χ0n) is 8.10. The van der Waals surface area contributed by atoms with E-state index in [2.05, 4.69) is 6.07 Å². The van der Waals surface area contributed by atoms with Gasteiger partial charge >= 0.3 is 29.6 Å². The van der Waals surface area contributed by atoms with E-state index in [4.69, 9.17) is 0 Å². The molecule has 0 aromatic heterocycles. The molecule has 0 heterocycles. The van der Waals surface area contributed by atoms with Crippen LogP contribution in [0.1, 0.15) is 0 Å². The van der Waals surface area contributed by atoms with Gasteiger partial charge in [-0.3, -0.25) is 0 Å². The Balaban J connectivity index is 0.00000112. The van der Waals surface area contributed by atoms with Gasteiger partial charge in [0.15, 0.2) is 0 Å². The maximum atomic E-state index is 10.9. The third-order valence-corrected chi connectivity index (χ3v) is 2.77. The third kappa shape index (κ3) is 2.59. The molecular weight excluding hydrogens is 223 g/mol. The van der Waals surface area contributed by atoms with Crippen molar-refractivity contribution in [2.45, 2.75) is 4.90 Å². The van der Waals surface area contributed by atoms with E-state index in [0.29, 0.717) is 5.39 Å². The third-order valence-electron chi connectivity index (χ3n) is 1.93. The Bertz CT molecular complexity index is 573. The molecule has 0 spiro atoms. The molecule has 1 radical (unpaired) electrons. The van der Waals surface area contributed by atoms with Gasteiger partial charge in [0, 0.05) is 6.07 Å². The minimum atomic E-state index is -4.43. The van der Waals surface area contributed by atoms with Crippen molar-refractivity contribution in [3.8, 4) is 0 Å². The van der Waals surface area contributed by atoms with Crippen LogP contribution in [0, 0.1) is 6.07 Å². The van der Waals surface area contributed by atoms with E-state index >= 15 is 0 Å². The summed E-state index contributed by atoms with van der Waals surface area (Å²) in [7, 11) is -4.43. The molecule has 15 heavy (non-hydrogen) atoms. The molecule has 0 N–H and O–H groups in total. The van der Waals surface area contributed by atoms with E-state index in [-0.39, 0.29) is 34.5 Å². The van der Waals surface area contributed by atoms with Gasteiger partial charge in [0.1, 0.15) is 10.1 Å². The molecule has 0 aliphatic carbocycles. The molecule has 3 nitrogen and oxygen atoms in total. The van der Waals surface area contributed by atoms with Crippen LogP contribution in [-0.4, -0.2) is 13.0 Å². The van der Waals surface area contributed by atoms with Crippen molar-refractivity contribution in [1.29, 1.82) is 0 Å². The van der Waals surface area contributed by atoms with Crippen molar-refractivity contribution < 1.29 is 42.5 Å². The molecule has 2 aromatic rings. The molecule has 2 aromatic carbocycles. The second-order valence-electron chi connectivity index (χ2n) is 2.85. The summed E-state index contributed by atoms with van der Waals surface area (Å²) in [4.78, 5) is -0.282. The van der Waals surface area contributed by atoms with Crippen LogP contribution in [0.25, 0.3) is 10.8 Å². The molecule has 0 saturated heterocycles. The van der Waals surface area contributed by atoms with Crippen molar-refractivity contribution in [1.82, 2.24) is 0 Å². The molecule has 0 saturated carbocycles. The van der Waals surface area contributed by atoms with E-state index in [1.807, 2.05) is 0 Å². The topological polar surface area (TPSA) is 57.2 Å². The maximum Gasteiger partial charge on any atom is 1.00 e. The molecule has 71 valence electrons. The van der Waals surface area contributed by atoms with Gasteiger partial charge in [-0.1, -0.05) is 36.4 Å². The van der Waals surface area contributed by atoms with E-state index in [1.165, 1.54) is 6.07 Å². The Hall–Kier alpha value is -0.390. The van der Waals surface area contributed by atoms with Gasteiger partial charge in [-0.2, -0.15) is 0 Å². The van der Waals surface area contributed by atoms with Gasteiger partial charge in [-0.25, -0.2) is 8.42 Å². The first-order valence-corrected chi connectivity index (χ1v) is 5.35. The summed E-state index contributed by atoms with van der Waals surface area (Å²) in [6.45, 7) is 0. The van der Waals surface area contributed by atoms with Gasteiger partial charge in [0.05, 0.1) is 4.90 Å². The summed E-state index contributed by atoms with van der Waals surface area (Å²) in [5.41, 5.74) is 0. The number of fused-ring (bicyclic) bond motifs is 1. The van der Waals surface area contributed by atoms with Crippen LogP contribution in [0.15, 0.2) is 41.3 Å². The second-order valence-corrected chi connectivity index (χ2v) is 4.16. The van der Waals surface area contributed by atoms with Crippen LogP contribution in [0.3, 0.4) is 0 Å². The average Bonchev–Trinajstić information content (AvgIpc) is 2.15. The van der Waals surface area contributed by atoms with E-state index < -0.39 is 10.1 Å². The zero-order chi connectivity index (χ0) is 10.2. The Labute approximate surface area is 110 Å². The van der Waals surface area contributed by atoms with Gasteiger partial charge < -0.3 is 4.55 Å². The van der Waals surface area contributed by atoms with Crippen LogP contribution in [-0.2, 0) is 10.1 Å². The van der Waals surface area contributed by atoms with Crippen molar-refractivity contribution in [3.63, 3.8) is 0 Å². The van der Waals surface area contributed by atoms with Crippen molar-refractivity contribution >= 4 is 20.9 Å².